The van der Waals surface area contributed by atoms with Crippen molar-refractivity contribution in [3.63, 3.8) is 0 Å². The third-order valence-corrected chi connectivity index (χ3v) is 4.89. The first-order valence-electron chi connectivity index (χ1n) is 8.22. The Hall–Kier alpha value is -1.60. The van der Waals surface area contributed by atoms with E-state index in [-0.39, 0.29) is 18.2 Å². The van der Waals surface area contributed by atoms with E-state index in [0.29, 0.717) is 6.04 Å². The van der Waals surface area contributed by atoms with Gasteiger partial charge in [-0.1, -0.05) is 5.16 Å². The van der Waals surface area contributed by atoms with Crippen molar-refractivity contribution >= 4 is 6.03 Å². The number of rotatable bonds is 3. The number of urea groups is 1. The molecule has 3 rings (SSSR count). The molecule has 7 nitrogen and oxygen atoms in total. The topological polar surface area (TPSA) is 70.8 Å². The second kappa shape index (κ2) is 6.49. The van der Waals surface area contributed by atoms with Gasteiger partial charge in [-0.2, -0.15) is 0 Å². The number of likely N-dealkylation sites (tertiary alicyclic amines) is 1. The van der Waals surface area contributed by atoms with Crippen molar-refractivity contribution in [2.75, 3.05) is 27.2 Å². The Morgan fingerprint density at radius 1 is 1.43 bits per heavy atom. The molecular weight excluding hydrogens is 296 g/mol. The summed E-state index contributed by atoms with van der Waals surface area (Å²) in [6.45, 7) is 6.28. The molecule has 1 N–H and O–H groups in total. The Bertz CT molecular complexity index is 552. The number of aromatic nitrogens is 1. The largest absolute Gasteiger partial charge is 0.374 e. The summed E-state index contributed by atoms with van der Waals surface area (Å²) >= 11 is 0. The van der Waals surface area contributed by atoms with E-state index in [4.69, 9.17) is 9.26 Å². The van der Waals surface area contributed by atoms with E-state index < -0.39 is 0 Å². The molecule has 128 valence electrons. The molecule has 7 heteroatoms. The number of nitrogens with zero attached hydrogens (tertiary/aromatic N) is 3. The summed E-state index contributed by atoms with van der Waals surface area (Å²) < 4.78 is 11.3. The molecule has 0 saturated carbocycles. The molecule has 0 unspecified atom stereocenters. The van der Waals surface area contributed by atoms with E-state index in [1.807, 2.05) is 13.8 Å². The van der Waals surface area contributed by atoms with Crippen LogP contribution < -0.4 is 5.32 Å². The molecule has 23 heavy (non-hydrogen) atoms. The minimum absolute atomic E-state index is 0.0238. The summed E-state index contributed by atoms with van der Waals surface area (Å²) in [5.41, 5.74) is 2.09. The third kappa shape index (κ3) is 3.21. The van der Waals surface area contributed by atoms with Crippen molar-refractivity contribution in [1.82, 2.24) is 20.3 Å². The average molecular weight is 322 g/mol. The number of hydrogen-bond donors (Lipinski definition) is 1. The van der Waals surface area contributed by atoms with Gasteiger partial charge in [0, 0.05) is 45.4 Å². The van der Waals surface area contributed by atoms with Crippen LogP contribution in [-0.2, 0) is 11.3 Å². The summed E-state index contributed by atoms with van der Waals surface area (Å²) in [6.07, 6.45) is 2.23. The smallest absolute Gasteiger partial charge is 0.317 e. The Balaban J connectivity index is 1.74. The van der Waals surface area contributed by atoms with Crippen molar-refractivity contribution in [1.29, 1.82) is 0 Å². The first kappa shape index (κ1) is 16.3. The lowest BCUT2D eigenvalue weighted by molar-refractivity contribution is -0.0208. The summed E-state index contributed by atoms with van der Waals surface area (Å²) in [5, 5.41) is 7.14. The molecule has 2 aliphatic heterocycles. The SMILES string of the molecule is Cc1noc(C)c1CN1C[C@@H](NC(=O)N(C)C)[C@H]2OCCC[C@H]21. The summed E-state index contributed by atoms with van der Waals surface area (Å²) in [5.74, 6) is 0.872. The number of nitrogens with one attached hydrogen (secondary N) is 1. The van der Waals surface area contributed by atoms with Gasteiger partial charge in [0.05, 0.1) is 17.8 Å². The Labute approximate surface area is 136 Å². The van der Waals surface area contributed by atoms with Crippen LogP contribution in [0.15, 0.2) is 4.52 Å². The van der Waals surface area contributed by atoms with Crippen LogP contribution in [0.25, 0.3) is 0 Å². The van der Waals surface area contributed by atoms with Gasteiger partial charge in [0.2, 0.25) is 0 Å². The quantitative estimate of drug-likeness (QED) is 0.908. The highest BCUT2D eigenvalue weighted by molar-refractivity contribution is 5.74. The van der Waals surface area contributed by atoms with Crippen molar-refractivity contribution in [3.05, 3.63) is 17.0 Å². The summed E-state index contributed by atoms with van der Waals surface area (Å²) in [7, 11) is 3.51. The maximum Gasteiger partial charge on any atom is 0.317 e. The molecule has 3 heterocycles. The van der Waals surface area contributed by atoms with Gasteiger partial charge in [0.15, 0.2) is 0 Å². The lowest BCUT2D eigenvalue weighted by Gasteiger charge is -2.32. The number of amides is 2. The zero-order valence-electron chi connectivity index (χ0n) is 14.3. The van der Waals surface area contributed by atoms with E-state index in [1.165, 1.54) is 0 Å². The fourth-order valence-corrected chi connectivity index (χ4v) is 3.58. The zero-order valence-corrected chi connectivity index (χ0v) is 14.3. The monoisotopic (exact) mass is 322 g/mol. The molecular formula is C16H26N4O3. The van der Waals surface area contributed by atoms with Gasteiger partial charge in [-0.05, 0) is 26.7 Å². The highest BCUT2D eigenvalue weighted by Gasteiger charge is 2.45. The number of ether oxygens (including phenoxy) is 1. The molecule has 1 aromatic heterocycles. The van der Waals surface area contributed by atoms with Crippen LogP contribution in [0.4, 0.5) is 4.79 Å². The number of hydrogen-bond acceptors (Lipinski definition) is 5. The van der Waals surface area contributed by atoms with Crippen molar-refractivity contribution in [2.24, 2.45) is 0 Å². The van der Waals surface area contributed by atoms with E-state index in [2.05, 4.69) is 15.4 Å². The standard InChI is InChI=1S/C16H26N4O3/c1-10-12(11(2)23-18-10)8-20-9-13(17-16(21)19(3)4)15-14(20)6-5-7-22-15/h13-15H,5-9H2,1-4H3,(H,17,21)/t13-,14-,15-/m1/s1. The molecule has 3 atom stereocenters. The van der Waals surface area contributed by atoms with Crippen LogP contribution in [-0.4, -0.2) is 66.4 Å². The lowest BCUT2D eigenvalue weighted by Crippen LogP contribution is -2.50. The molecule has 1 aromatic rings. The fraction of sp³-hybridized carbons (Fsp3) is 0.750. The van der Waals surface area contributed by atoms with Crippen molar-refractivity contribution in [3.8, 4) is 0 Å². The maximum absolute atomic E-state index is 12.0. The van der Waals surface area contributed by atoms with E-state index >= 15 is 0 Å². The first-order valence-corrected chi connectivity index (χ1v) is 8.22. The molecule has 0 radical (unpaired) electrons. The van der Waals surface area contributed by atoms with Crippen LogP contribution >= 0.6 is 0 Å². The molecule has 0 aromatic carbocycles. The number of carbonyl (C=O) groups excluding carboxylic acids is 1. The Kier molecular flexibility index (Phi) is 4.59. The fourth-order valence-electron chi connectivity index (χ4n) is 3.58. The average Bonchev–Trinajstić information content (AvgIpc) is 3.03. The zero-order chi connectivity index (χ0) is 16.6. The molecule has 0 bridgehead atoms. The van der Waals surface area contributed by atoms with Gasteiger partial charge in [-0.15, -0.1) is 0 Å². The van der Waals surface area contributed by atoms with Gasteiger partial charge in [0.25, 0.3) is 0 Å². The second-order valence-corrected chi connectivity index (χ2v) is 6.73. The molecule has 2 saturated heterocycles. The Morgan fingerprint density at radius 2 is 2.22 bits per heavy atom. The summed E-state index contributed by atoms with van der Waals surface area (Å²) in [4.78, 5) is 16.0. The molecule has 2 amide bonds. The highest BCUT2D eigenvalue weighted by atomic mass is 16.5. The van der Waals surface area contributed by atoms with Gasteiger partial charge in [-0.3, -0.25) is 4.90 Å². The van der Waals surface area contributed by atoms with Gasteiger partial charge >= 0.3 is 6.03 Å². The van der Waals surface area contributed by atoms with Crippen molar-refractivity contribution < 1.29 is 14.1 Å². The lowest BCUT2D eigenvalue weighted by atomic mass is 10.0. The predicted molar refractivity (Wildman–Crippen MR) is 85.2 cm³/mol. The molecule has 0 aliphatic carbocycles. The van der Waals surface area contributed by atoms with Crippen LogP contribution in [0.2, 0.25) is 0 Å². The van der Waals surface area contributed by atoms with E-state index in [9.17, 15) is 4.79 Å². The highest BCUT2D eigenvalue weighted by Crippen LogP contribution is 2.31. The van der Waals surface area contributed by atoms with Crippen LogP contribution in [0.3, 0.4) is 0 Å². The van der Waals surface area contributed by atoms with Gasteiger partial charge in [-0.25, -0.2) is 4.79 Å². The van der Waals surface area contributed by atoms with Crippen LogP contribution in [0.5, 0.6) is 0 Å². The minimum Gasteiger partial charge on any atom is -0.374 e. The second-order valence-electron chi connectivity index (χ2n) is 6.73. The van der Waals surface area contributed by atoms with Crippen molar-refractivity contribution in [2.45, 2.75) is 51.4 Å². The normalized spacial score (nSPS) is 27.7. The van der Waals surface area contributed by atoms with Gasteiger partial charge < -0.3 is 19.5 Å². The number of fused-ring (bicyclic) bond motifs is 1. The predicted octanol–water partition coefficient (Wildman–Crippen LogP) is 1.29. The van der Waals surface area contributed by atoms with E-state index in [0.717, 1.165) is 49.6 Å². The van der Waals surface area contributed by atoms with E-state index in [1.54, 1.807) is 19.0 Å². The molecule has 0 spiro atoms. The van der Waals surface area contributed by atoms with Crippen LogP contribution in [0.1, 0.15) is 29.9 Å². The maximum atomic E-state index is 12.0. The number of carbonyl (C=O) groups is 1. The van der Waals surface area contributed by atoms with Crippen LogP contribution in [0, 0.1) is 13.8 Å². The summed E-state index contributed by atoms with van der Waals surface area (Å²) in [6, 6.07) is 0.294. The minimum atomic E-state index is -0.0675. The Morgan fingerprint density at radius 3 is 2.87 bits per heavy atom. The third-order valence-electron chi connectivity index (χ3n) is 4.89. The van der Waals surface area contributed by atoms with Gasteiger partial charge in [0.1, 0.15) is 5.76 Å². The first-order chi connectivity index (χ1) is 11.0. The molecule has 2 fully saturated rings. The molecule has 2 aliphatic rings. The number of aryl methyl sites for hydroxylation is 2.